The van der Waals surface area contributed by atoms with Crippen molar-refractivity contribution in [1.82, 2.24) is 20.2 Å². The summed E-state index contributed by atoms with van der Waals surface area (Å²) in [5, 5.41) is 7.29. The molecule has 8 heteroatoms. The van der Waals surface area contributed by atoms with Gasteiger partial charge in [-0.15, -0.1) is 24.0 Å². The maximum Gasteiger partial charge on any atom is 0.191 e. The molecule has 1 aliphatic carbocycles. The molecular formula is C21H34IN5OS. The van der Waals surface area contributed by atoms with Crippen molar-refractivity contribution < 1.29 is 4.21 Å². The Labute approximate surface area is 193 Å². The van der Waals surface area contributed by atoms with Crippen LogP contribution in [0.5, 0.6) is 0 Å². The number of rotatable bonds is 7. The van der Waals surface area contributed by atoms with E-state index in [0.29, 0.717) is 11.3 Å². The first-order chi connectivity index (χ1) is 13.6. The summed E-state index contributed by atoms with van der Waals surface area (Å²) in [6.07, 6.45) is 5.32. The molecule has 1 aromatic heterocycles. The average molecular weight is 532 g/mol. The summed E-state index contributed by atoms with van der Waals surface area (Å²) >= 11 is 0. The Kier molecular flexibility index (Phi) is 9.88. The molecule has 1 aliphatic rings. The summed E-state index contributed by atoms with van der Waals surface area (Å²) < 4.78 is 14.4. The van der Waals surface area contributed by atoms with Crippen molar-refractivity contribution in [2.75, 3.05) is 19.3 Å². The van der Waals surface area contributed by atoms with E-state index >= 15 is 0 Å². The van der Waals surface area contributed by atoms with E-state index in [2.05, 4.69) is 50.3 Å². The summed E-state index contributed by atoms with van der Waals surface area (Å²) in [5.74, 6) is 2.66. The van der Waals surface area contributed by atoms with Crippen molar-refractivity contribution in [3.05, 3.63) is 30.1 Å². The van der Waals surface area contributed by atoms with Gasteiger partial charge in [0.1, 0.15) is 5.82 Å². The Hall–Kier alpha value is -1.16. The number of hydrogen-bond donors (Lipinski definition) is 2. The molecule has 0 radical (unpaired) electrons. The Balaban J connectivity index is 0.00000300. The van der Waals surface area contributed by atoms with Gasteiger partial charge in [-0.3, -0.25) is 9.20 Å². The van der Waals surface area contributed by atoms with E-state index in [1.807, 2.05) is 20.0 Å². The first-order valence-electron chi connectivity index (χ1n) is 10.4. The van der Waals surface area contributed by atoms with Crippen LogP contribution in [0.1, 0.15) is 44.9 Å². The van der Waals surface area contributed by atoms with Crippen LogP contribution in [0.25, 0.3) is 11.0 Å². The highest BCUT2D eigenvalue weighted by Crippen LogP contribution is 2.23. The predicted molar refractivity (Wildman–Crippen MR) is 134 cm³/mol. The van der Waals surface area contributed by atoms with Gasteiger partial charge in [0.05, 0.1) is 11.0 Å². The number of hydrogen-bond acceptors (Lipinski definition) is 3. The molecule has 3 rings (SSSR count). The highest BCUT2D eigenvalue weighted by Gasteiger charge is 2.25. The normalized spacial score (nSPS) is 20.9. The lowest BCUT2D eigenvalue weighted by molar-refractivity contribution is 0.413. The largest absolute Gasteiger partial charge is 0.356 e. The van der Waals surface area contributed by atoms with Crippen LogP contribution in [-0.2, 0) is 17.3 Å². The second kappa shape index (κ2) is 11.9. The monoisotopic (exact) mass is 531 g/mol. The number of aliphatic imine (C=N–C) groups is 1. The zero-order valence-electron chi connectivity index (χ0n) is 17.7. The zero-order valence-corrected chi connectivity index (χ0v) is 20.8. The maximum absolute atomic E-state index is 12.1. The van der Waals surface area contributed by atoms with Gasteiger partial charge in [-0.2, -0.15) is 0 Å². The lowest BCUT2D eigenvalue weighted by Crippen LogP contribution is -2.46. The number of nitrogens with one attached hydrogen (secondary N) is 2. The molecule has 1 aromatic carbocycles. The summed E-state index contributed by atoms with van der Waals surface area (Å²) in [5.41, 5.74) is 2.25. The van der Waals surface area contributed by atoms with E-state index in [-0.39, 0.29) is 24.0 Å². The van der Waals surface area contributed by atoms with Crippen molar-refractivity contribution in [2.45, 2.75) is 63.8 Å². The van der Waals surface area contributed by atoms with E-state index in [4.69, 9.17) is 0 Å². The van der Waals surface area contributed by atoms with Crippen molar-refractivity contribution in [1.29, 1.82) is 0 Å². The summed E-state index contributed by atoms with van der Waals surface area (Å²) in [6.45, 7) is 5.85. The number of imidazole rings is 1. The standard InChI is InChI=1S/C21H33N5OS.HI/c1-4-28(27)18-10-7-9-17(15-18)25-21(22-3)23-13-8-14-26-16(2)24-19-11-5-6-12-20(19)26;/h5-6,11-12,17-18H,4,7-10,13-15H2,1-3H3,(H2,22,23,25);1H. The molecule has 1 saturated carbocycles. The number of benzene rings is 1. The molecule has 1 fully saturated rings. The third-order valence-electron chi connectivity index (χ3n) is 5.54. The van der Waals surface area contributed by atoms with E-state index in [9.17, 15) is 4.21 Å². The van der Waals surface area contributed by atoms with Gasteiger partial charge >= 0.3 is 0 Å². The van der Waals surface area contributed by atoms with Crippen LogP contribution < -0.4 is 10.6 Å². The highest BCUT2D eigenvalue weighted by molar-refractivity contribution is 14.0. The van der Waals surface area contributed by atoms with Gasteiger partial charge < -0.3 is 15.2 Å². The molecule has 6 nitrogen and oxygen atoms in total. The van der Waals surface area contributed by atoms with Gasteiger partial charge in [0.2, 0.25) is 0 Å². The topological polar surface area (TPSA) is 71.3 Å². The first kappa shape index (κ1) is 24.1. The van der Waals surface area contributed by atoms with Crippen molar-refractivity contribution >= 4 is 51.8 Å². The maximum atomic E-state index is 12.1. The molecule has 3 atom stereocenters. The van der Waals surface area contributed by atoms with E-state index < -0.39 is 10.8 Å². The molecule has 0 spiro atoms. The van der Waals surface area contributed by atoms with Gasteiger partial charge in [0.15, 0.2) is 5.96 Å². The predicted octanol–water partition coefficient (Wildman–Crippen LogP) is 3.60. The number of para-hydroxylation sites is 2. The highest BCUT2D eigenvalue weighted by atomic mass is 127. The Morgan fingerprint density at radius 2 is 2.14 bits per heavy atom. The minimum absolute atomic E-state index is 0. The summed E-state index contributed by atoms with van der Waals surface area (Å²) in [4.78, 5) is 9.00. The number of halogens is 1. The van der Waals surface area contributed by atoms with Crippen LogP contribution in [0.2, 0.25) is 0 Å². The number of fused-ring (bicyclic) bond motifs is 1. The van der Waals surface area contributed by atoms with Crippen molar-refractivity contribution in [3.8, 4) is 0 Å². The lowest BCUT2D eigenvalue weighted by atomic mass is 9.95. The van der Waals surface area contributed by atoms with Crippen LogP contribution in [0.3, 0.4) is 0 Å². The lowest BCUT2D eigenvalue weighted by Gasteiger charge is -2.30. The molecule has 0 aliphatic heterocycles. The van der Waals surface area contributed by atoms with Crippen molar-refractivity contribution in [2.24, 2.45) is 4.99 Å². The minimum Gasteiger partial charge on any atom is -0.356 e. The third-order valence-corrected chi connectivity index (χ3v) is 7.28. The number of nitrogens with zero attached hydrogens (tertiary/aromatic N) is 3. The Morgan fingerprint density at radius 3 is 2.90 bits per heavy atom. The Bertz CT molecular complexity index is 838. The zero-order chi connectivity index (χ0) is 19.9. The quantitative estimate of drug-likeness (QED) is 0.248. The van der Waals surface area contributed by atoms with Gasteiger partial charge in [-0.25, -0.2) is 4.98 Å². The third kappa shape index (κ3) is 6.41. The van der Waals surface area contributed by atoms with Crippen LogP contribution in [-0.4, -0.2) is 50.4 Å². The molecule has 0 bridgehead atoms. The second-order valence-electron chi connectivity index (χ2n) is 7.45. The van der Waals surface area contributed by atoms with Crippen molar-refractivity contribution in [3.63, 3.8) is 0 Å². The fourth-order valence-corrected chi connectivity index (χ4v) is 5.41. The fourth-order valence-electron chi connectivity index (χ4n) is 4.06. The van der Waals surface area contributed by atoms with Crippen LogP contribution in [0, 0.1) is 6.92 Å². The molecule has 2 aromatic rings. The van der Waals surface area contributed by atoms with Crippen LogP contribution >= 0.6 is 24.0 Å². The molecular weight excluding hydrogens is 497 g/mol. The minimum atomic E-state index is -0.698. The SMILES string of the molecule is CCS(=O)C1CCCC(NC(=NC)NCCCn2c(C)nc3ccccc32)C1.I. The molecule has 162 valence electrons. The molecule has 1 heterocycles. The summed E-state index contributed by atoms with van der Waals surface area (Å²) in [7, 11) is 1.11. The number of guanidine groups is 1. The number of aryl methyl sites for hydroxylation is 2. The average Bonchev–Trinajstić information content (AvgIpc) is 3.04. The van der Waals surface area contributed by atoms with E-state index in [1.54, 1.807) is 0 Å². The molecule has 29 heavy (non-hydrogen) atoms. The van der Waals surface area contributed by atoms with Crippen LogP contribution in [0.15, 0.2) is 29.3 Å². The fraction of sp³-hybridized carbons (Fsp3) is 0.619. The summed E-state index contributed by atoms with van der Waals surface area (Å²) in [6, 6.07) is 8.64. The first-order valence-corrected chi connectivity index (χ1v) is 11.8. The van der Waals surface area contributed by atoms with Gasteiger partial charge in [0, 0.05) is 48.0 Å². The number of aromatic nitrogens is 2. The molecule has 2 N–H and O–H groups in total. The molecule has 0 amide bonds. The smallest absolute Gasteiger partial charge is 0.191 e. The Morgan fingerprint density at radius 1 is 1.34 bits per heavy atom. The van der Waals surface area contributed by atoms with Gasteiger partial charge in [-0.05, 0) is 44.7 Å². The molecule has 3 unspecified atom stereocenters. The van der Waals surface area contributed by atoms with Gasteiger partial charge in [0.25, 0.3) is 0 Å². The molecule has 0 saturated heterocycles. The second-order valence-corrected chi connectivity index (χ2v) is 9.46. The van der Waals surface area contributed by atoms with E-state index in [1.165, 1.54) is 5.52 Å². The van der Waals surface area contributed by atoms with Gasteiger partial charge in [-0.1, -0.05) is 25.5 Å². The van der Waals surface area contributed by atoms with E-state index in [0.717, 1.165) is 68.2 Å². The van der Waals surface area contributed by atoms with Crippen LogP contribution in [0.4, 0.5) is 0 Å².